The first-order valence-electron chi connectivity index (χ1n) is 13.1. The van der Waals surface area contributed by atoms with Crippen LogP contribution in [0.2, 0.25) is 0 Å². The van der Waals surface area contributed by atoms with Gasteiger partial charge in [-0.25, -0.2) is 4.79 Å². The Morgan fingerprint density at radius 3 is 2.37 bits per heavy atom. The Labute approximate surface area is 222 Å². The summed E-state index contributed by atoms with van der Waals surface area (Å²) in [5.41, 5.74) is 0.661. The minimum atomic E-state index is -1.29. The second-order valence-electron chi connectivity index (χ2n) is 9.40. The highest BCUT2D eigenvalue weighted by molar-refractivity contribution is 6.19. The molecule has 2 aliphatic rings. The molecule has 0 saturated carbocycles. The number of methoxy groups -OCH3 is 1. The van der Waals surface area contributed by atoms with Crippen LogP contribution in [0.25, 0.3) is 0 Å². The Morgan fingerprint density at radius 2 is 1.68 bits per heavy atom. The second kappa shape index (κ2) is 13.0. The number of aldehydes is 1. The maximum absolute atomic E-state index is 13.8. The predicted molar refractivity (Wildman–Crippen MR) is 137 cm³/mol. The molecule has 9 nitrogen and oxygen atoms in total. The van der Waals surface area contributed by atoms with Gasteiger partial charge in [-0.1, -0.05) is 57.9 Å². The van der Waals surface area contributed by atoms with Crippen molar-refractivity contribution >= 4 is 18.0 Å². The van der Waals surface area contributed by atoms with Gasteiger partial charge in [-0.2, -0.15) is 0 Å². The van der Waals surface area contributed by atoms with Crippen molar-refractivity contribution in [1.82, 2.24) is 0 Å². The fourth-order valence-electron chi connectivity index (χ4n) is 4.77. The number of benzene rings is 2. The number of carbonyl (C=O) groups excluding carboxylic acids is 2. The van der Waals surface area contributed by atoms with Crippen LogP contribution in [0.4, 0.5) is 0 Å². The first-order valence-corrected chi connectivity index (χ1v) is 13.1. The molecule has 2 aliphatic heterocycles. The van der Waals surface area contributed by atoms with Crippen molar-refractivity contribution < 1.29 is 43.2 Å². The molecule has 1 N–H and O–H groups in total. The number of aromatic carboxylic acids is 1. The molecule has 2 aromatic carbocycles. The molecule has 9 heteroatoms. The summed E-state index contributed by atoms with van der Waals surface area (Å²) in [6, 6.07) is 5.93. The molecule has 4 rings (SSSR count). The van der Waals surface area contributed by atoms with Gasteiger partial charge in [0.15, 0.2) is 18.9 Å². The third-order valence-electron chi connectivity index (χ3n) is 6.84. The SMILES string of the molecule is CCCCCCCCCCOCOC1Oc2ccc(C(=O)O)c(C(=O)c3c(C=O)ccc4c3OC4OC)c21. The molecule has 2 unspecified atom stereocenters. The number of carbonyl (C=O) groups is 3. The van der Waals surface area contributed by atoms with E-state index >= 15 is 0 Å². The van der Waals surface area contributed by atoms with Crippen molar-refractivity contribution in [2.75, 3.05) is 20.5 Å². The molecule has 0 bridgehead atoms. The van der Waals surface area contributed by atoms with Crippen LogP contribution in [0, 0.1) is 0 Å². The van der Waals surface area contributed by atoms with Gasteiger partial charge in [0.2, 0.25) is 12.6 Å². The highest BCUT2D eigenvalue weighted by atomic mass is 16.8. The minimum absolute atomic E-state index is 0.0155. The van der Waals surface area contributed by atoms with Gasteiger partial charge in [-0.15, -0.1) is 0 Å². The molecule has 38 heavy (non-hydrogen) atoms. The zero-order valence-corrected chi connectivity index (χ0v) is 21.8. The first kappa shape index (κ1) is 27.8. The van der Waals surface area contributed by atoms with E-state index in [1.54, 1.807) is 6.07 Å². The van der Waals surface area contributed by atoms with Crippen molar-refractivity contribution in [3.63, 3.8) is 0 Å². The number of rotatable bonds is 17. The van der Waals surface area contributed by atoms with E-state index < -0.39 is 24.3 Å². The van der Waals surface area contributed by atoms with Gasteiger partial charge in [0, 0.05) is 19.3 Å². The third kappa shape index (κ3) is 5.75. The van der Waals surface area contributed by atoms with E-state index in [2.05, 4.69) is 6.92 Å². The van der Waals surface area contributed by atoms with Gasteiger partial charge in [0.1, 0.15) is 11.5 Å². The summed E-state index contributed by atoms with van der Waals surface area (Å²) < 4.78 is 27.7. The molecule has 2 aromatic rings. The van der Waals surface area contributed by atoms with E-state index in [0.29, 0.717) is 29.8 Å². The van der Waals surface area contributed by atoms with Gasteiger partial charge in [-0.3, -0.25) is 9.59 Å². The molecular formula is C29H34O9. The molecule has 0 aliphatic carbocycles. The number of unbranched alkanes of at least 4 members (excludes halogenated alkanes) is 7. The number of hydrogen-bond acceptors (Lipinski definition) is 8. The molecule has 0 amide bonds. The number of fused-ring (bicyclic) bond motifs is 2. The molecule has 0 aromatic heterocycles. The fraction of sp³-hybridized carbons (Fsp3) is 0.483. The number of ketones is 1. The molecular weight excluding hydrogens is 492 g/mol. The summed E-state index contributed by atoms with van der Waals surface area (Å²) in [6.45, 7) is 2.68. The van der Waals surface area contributed by atoms with Crippen molar-refractivity contribution in [2.24, 2.45) is 0 Å². The van der Waals surface area contributed by atoms with Crippen molar-refractivity contribution in [1.29, 1.82) is 0 Å². The standard InChI is InChI=1S/C29H34O9/c1-3-4-5-6-7-8-9-10-15-35-17-36-29-24-21(37-29)14-13-19(27(32)33)23(24)25(31)22-18(16-30)11-12-20-26(22)38-28(20)34-2/h11-14,16,28-29H,3-10,15,17H2,1-2H3,(H,32,33). The maximum atomic E-state index is 13.8. The smallest absolute Gasteiger partial charge is 0.336 e. The van der Waals surface area contributed by atoms with Crippen molar-refractivity contribution in [3.05, 3.63) is 57.6 Å². The van der Waals surface area contributed by atoms with Crippen molar-refractivity contribution in [3.8, 4) is 11.5 Å². The molecule has 0 spiro atoms. The van der Waals surface area contributed by atoms with Crippen LogP contribution in [0.3, 0.4) is 0 Å². The van der Waals surface area contributed by atoms with Gasteiger partial charge in [-0.05, 0) is 24.6 Å². The maximum Gasteiger partial charge on any atom is 0.336 e. The normalized spacial score (nSPS) is 16.8. The lowest BCUT2D eigenvalue weighted by atomic mass is 9.87. The predicted octanol–water partition coefficient (Wildman–Crippen LogP) is 5.99. The lowest BCUT2D eigenvalue weighted by Gasteiger charge is -2.34. The topological polar surface area (TPSA) is 118 Å². The summed E-state index contributed by atoms with van der Waals surface area (Å²) in [7, 11) is 1.46. The Morgan fingerprint density at radius 1 is 0.947 bits per heavy atom. The van der Waals surface area contributed by atoms with E-state index in [9.17, 15) is 19.5 Å². The minimum Gasteiger partial charge on any atom is -0.478 e. The third-order valence-corrected chi connectivity index (χ3v) is 6.84. The number of hydrogen-bond donors (Lipinski definition) is 1. The number of ether oxygens (including phenoxy) is 5. The van der Waals surface area contributed by atoms with Gasteiger partial charge >= 0.3 is 5.97 Å². The van der Waals surface area contributed by atoms with E-state index in [-0.39, 0.29) is 34.8 Å². The summed E-state index contributed by atoms with van der Waals surface area (Å²) in [6.07, 6.45) is 8.43. The lowest BCUT2D eigenvalue weighted by Crippen LogP contribution is -2.30. The van der Waals surface area contributed by atoms with Gasteiger partial charge < -0.3 is 28.8 Å². The van der Waals surface area contributed by atoms with Crippen molar-refractivity contribution in [2.45, 2.75) is 70.9 Å². The van der Waals surface area contributed by atoms with Gasteiger partial charge in [0.05, 0.1) is 27.8 Å². The summed E-state index contributed by atoms with van der Waals surface area (Å²) in [5, 5.41) is 9.83. The zero-order chi connectivity index (χ0) is 27.1. The average Bonchev–Trinajstić information content (AvgIpc) is 2.89. The molecule has 2 heterocycles. The Bertz CT molecular complexity index is 1170. The number of carboxylic acids is 1. The summed E-state index contributed by atoms with van der Waals surface area (Å²) in [5.74, 6) is -1.41. The van der Waals surface area contributed by atoms with Crippen LogP contribution in [0.5, 0.6) is 11.5 Å². The average molecular weight is 527 g/mol. The first-order chi connectivity index (χ1) is 18.5. The molecule has 0 saturated heterocycles. The largest absolute Gasteiger partial charge is 0.478 e. The van der Waals surface area contributed by atoms with Crippen LogP contribution in [0.15, 0.2) is 24.3 Å². The Balaban J connectivity index is 1.42. The van der Waals surface area contributed by atoms with Crippen LogP contribution < -0.4 is 9.47 Å². The van der Waals surface area contributed by atoms with Crippen LogP contribution in [-0.2, 0) is 14.2 Å². The molecule has 204 valence electrons. The highest BCUT2D eigenvalue weighted by Crippen LogP contribution is 2.48. The monoisotopic (exact) mass is 526 g/mol. The summed E-state index contributed by atoms with van der Waals surface area (Å²) in [4.78, 5) is 37.6. The van der Waals surface area contributed by atoms with E-state index in [0.717, 1.165) is 12.8 Å². The van der Waals surface area contributed by atoms with E-state index in [1.807, 2.05) is 0 Å². The summed E-state index contributed by atoms with van der Waals surface area (Å²) >= 11 is 0. The molecule has 0 radical (unpaired) electrons. The Kier molecular flexibility index (Phi) is 9.49. The zero-order valence-electron chi connectivity index (χ0n) is 21.8. The lowest BCUT2D eigenvalue weighted by molar-refractivity contribution is -0.180. The molecule has 0 fully saturated rings. The van der Waals surface area contributed by atoms with Crippen LogP contribution in [0.1, 0.15) is 119 Å². The fourth-order valence-corrected chi connectivity index (χ4v) is 4.77. The number of carboxylic acid groups (broad SMARTS) is 1. The quantitative estimate of drug-likeness (QED) is 0.115. The van der Waals surface area contributed by atoms with E-state index in [4.69, 9.17) is 23.7 Å². The van der Waals surface area contributed by atoms with Gasteiger partial charge in [0.25, 0.3) is 0 Å². The van der Waals surface area contributed by atoms with Crippen LogP contribution >= 0.6 is 0 Å². The molecule has 2 atom stereocenters. The van der Waals surface area contributed by atoms with Crippen LogP contribution in [-0.4, -0.2) is 43.7 Å². The van der Waals surface area contributed by atoms with E-state index in [1.165, 1.54) is 63.8 Å². The Hall–Kier alpha value is -3.27. The second-order valence-corrected chi connectivity index (χ2v) is 9.40. The highest BCUT2D eigenvalue weighted by Gasteiger charge is 2.41.